The van der Waals surface area contributed by atoms with E-state index < -0.39 is 0 Å². The standard InChI is InChI=1S/C13H19N3/c1-10-8-15-16(9-10)6-5-14-13-7-11-3-2-4-12(11)13/h2,4,8-9,11-14H,3,5-7H2,1H3. The first kappa shape index (κ1) is 10.1. The summed E-state index contributed by atoms with van der Waals surface area (Å²) in [5.41, 5.74) is 1.24. The summed E-state index contributed by atoms with van der Waals surface area (Å²) >= 11 is 0. The van der Waals surface area contributed by atoms with Crippen molar-refractivity contribution in [3.8, 4) is 0 Å². The molecule has 3 atom stereocenters. The second-order valence-electron chi connectivity index (χ2n) is 5.08. The lowest BCUT2D eigenvalue weighted by Gasteiger charge is -2.40. The van der Waals surface area contributed by atoms with Gasteiger partial charge < -0.3 is 5.32 Å². The Balaban J connectivity index is 1.42. The summed E-state index contributed by atoms with van der Waals surface area (Å²) in [4.78, 5) is 0. The van der Waals surface area contributed by atoms with E-state index in [1.807, 2.05) is 10.9 Å². The maximum Gasteiger partial charge on any atom is 0.0534 e. The number of hydrogen-bond donors (Lipinski definition) is 1. The van der Waals surface area contributed by atoms with Gasteiger partial charge in [0, 0.05) is 18.8 Å². The van der Waals surface area contributed by atoms with Gasteiger partial charge in [-0.2, -0.15) is 5.10 Å². The van der Waals surface area contributed by atoms with Crippen molar-refractivity contribution in [2.45, 2.75) is 32.4 Å². The zero-order valence-corrected chi connectivity index (χ0v) is 9.76. The highest BCUT2D eigenvalue weighted by molar-refractivity contribution is 5.12. The van der Waals surface area contributed by atoms with Gasteiger partial charge in [-0.15, -0.1) is 0 Å². The Hall–Kier alpha value is -1.09. The van der Waals surface area contributed by atoms with E-state index in [0.717, 1.165) is 31.0 Å². The Labute approximate surface area is 96.5 Å². The molecule has 2 aliphatic carbocycles. The Morgan fingerprint density at radius 2 is 2.50 bits per heavy atom. The van der Waals surface area contributed by atoms with Crippen LogP contribution in [0.1, 0.15) is 18.4 Å². The van der Waals surface area contributed by atoms with Gasteiger partial charge in [-0.3, -0.25) is 4.68 Å². The molecule has 0 radical (unpaired) electrons. The maximum atomic E-state index is 4.29. The van der Waals surface area contributed by atoms with Crippen LogP contribution in [0.3, 0.4) is 0 Å². The van der Waals surface area contributed by atoms with Gasteiger partial charge in [-0.05, 0) is 37.2 Å². The molecule has 0 aliphatic heterocycles. The zero-order valence-electron chi connectivity index (χ0n) is 9.76. The molecule has 3 unspecified atom stereocenters. The summed E-state index contributed by atoms with van der Waals surface area (Å²) in [6, 6.07) is 0.723. The number of fused-ring (bicyclic) bond motifs is 1. The van der Waals surface area contributed by atoms with Crippen molar-refractivity contribution in [1.29, 1.82) is 0 Å². The van der Waals surface area contributed by atoms with Crippen LogP contribution >= 0.6 is 0 Å². The summed E-state index contributed by atoms with van der Waals surface area (Å²) in [6.45, 7) is 4.09. The molecule has 16 heavy (non-hydrogen) atoms. The highest BCUT2D eigenvalue weighted by Crippen LogP contribution is 2.42. The summed E-state index contributed by atoms with van der Waals surface area (Å²) < 4.78 is 2.02. The van der Waals surface area contributed by atoms with Gasteiger partial charge in [-0.1, -0.05) is 12.2 Å². The van der Waals surface area contributed by atoms with Crippen molar-refractivity contribution >= 4 is 0 Å². The number of nitrogens with one attached hydrogen (secondary N) is 1. The molecule has 0 bridgehead atoms. The average Bonchev–Trinajstić information content (AvgIpc) is 2.80. The number of aryl methyl sites for hydroxylation is 1. The van der Waals surface area contributed by atoms with Gasteiger partial charge in [0.15, 0.2) is 0 Å². The molecule has 3 rings (SSSR count). The average molecular weight is 217 g/mol. The second-order valence-corrected chi connectivity index (χ2v) is 5.08. The van der Waals surface area contributed by atoms with Crippen molar-refractivity contribution in [3.05, 3.63) is 30.1 Å². The lowest BCUT2D eigenvalue weighted by atomic mass is 9.71. The van der Waals surface area contributed by atoms with Gasteiger partial charge >= 0.3 is 0 Å². The fourth-order valence-corrected chi connectivity index (χ4v) is 2.90. The molecule has 1 aromatic rings. The fourth-order valence-electron chi connectivity index (χ4n) is 2.90. The fraction of sp³-hybridized carbons (Fsp3) is 0.615. The van der Waals surface area contributed by atoms with E-state index in [-0.39, 0.29) is 0 Å². The Morgan fingerprint density at radius 3 is 3.25 bits per heavy atom. The van der Waals surface area contributed by atoms with Gasteiger partial charge in [0.2, 0.25) is 0 Å². The van der Waals surface area contributed by atoms with Crippen LogP contribution in [-0.4, -0.2) is 22.4 Å². The van der Waals surface area contributed by atoms with Crippen molar-refractivity contribution in [2.24, 2.45) is 11.8 Å². The van der Waals surface area contributed by atoms with E-state index in [0.29, 0.717) is 0 Å². The number of hydrogen-bond acceptors (Lipinski definition) is 2. The lowest BCUT2D eigenvalue weighted by Crippen LogP contribution is -2.48. The zero-order chi connectivity index (χ0) is 11.0. The van der Waals surface area contributed by atoms with E-state index in [9.17, 15) is 0 Å². The minimum absolute atomic E-state index is 0.723. The van der Waals surface area contributed by atoms with Crippen molar-refractivity contribution < 1.29 is 0 Å². The SMILES string of the molecule is Cc1cnn(CCNC2CC3CC=CC32)c1. The van der Waals surface area contributed by atoms with Crippen LogP contribution in [0, 0.1) is 18.8 Å². The first-order valence-electron chi connectivity index (χ1n) is 6.22. The second kappa shape index (κ2) is 4.06. The monoisotopic (exact) mass is 217 g/mol. The number of aromatic nitrogens is 2. The topological polar surface area (TPSA) is 29.9 Å². The predicted octanol–water partition coefficient (Wildman–Crippen LogP) is 1.75. The third-order valence-corrected chi connectivity index (χ3v) is 3.87. The van der Waals surface area contributed by atoms with Crippen molar-refractivity contribution in [2.75, 3.05) is 6.54 Å². The maximum absolute atomic E-state index is 4.29. The van der Waals surface area contributed by atoms with E-state index in [1.165, 1.54) is 18.4 Å². The van der Waals surface area contributed by atoms with E-state index >= 15 is 0 Å². The number of rotatable bonds is 4. The molecule has 0 aromatic carbocycles. The molecule has 3 heteroatoms. The largest absolute Gasteiger partial charge is 0.312 e. The quantitative estimate of drug-likeness (QED) is 0.779. The molecular formula is C13H19N3. The summed E-state index contributed by atoms with van der Waals surface area (Å²) in [5.74, 6) is 1.77. The van der Waals surface area contributed by atoms with Gasteiger partial charge in [0.1, 0.15) is 0 Å². The van der Waals surface area contributed by atoms with Gasteiger partial charge in [0.05, 0.1) is 12.7 Å². The van der Waals surface area contributed by atoms with Crippen molar-refractivity contribution in [1.82, 2.24) is 15.1 Å². The van der Waals surface area contributed by atoms with Crippen LogP contribution in [0.5, 0.6) is 0 Å². The predicted molar refractivity (Wildman–Crippen MR) is 64.1 cm³/mol. The van der Waals surface area contributed by atoms with E-state index in [1.54, 1.807) is 0 Å². The molecule has 3 nitrogen and oxygen atoms in total. The van der Waals surface area contributed by atoms with E-state index in [2.05, 4.69) is 35.7 Å². The van der Waals surface area contributed by atoms with Crippen molar-refractivity contribution in [3.63, 3.8) is 0 Å². The summed E-state index contributed by atoms with van der Waals surface area (Å²) in [7, 11) is 0. The highest BCUT2D eigenvalue weighted by Gasteiger charge is 2.40. The van der Waals surface area contributed by atoms with Crippen LogP contribution in [0.4, 0.5) is 0 Å². The molecule has 1 aromatic heterocycles. The minimum atomic E-state index is 0.723. The molecule has 1 N–H and O–H groups in total. The molecule has 0 amide bonds. The molecule has 0 spiro atoms. The lowest BCUT2D eigenvalue weighted by molar-refractivity contribution is 0.162. The Bertz CT molecular complexity index is 394. The van der Waals surface area contributed by atoms with Gasteiger partial charge in [-0.25, -0.2) is 0 Å². The minimum Gasteiger partial charge on any atom is -0.312 e. The molecule has 1 heterocycles. The van der Waals surface area contributed by atoms with Crippen LogP contribution in [-0.2, 0) is 6.54 Å². The summed E-state index contributed by atoms with van der Waals surface area (Å²) in [5, 5.41) is 7.92. The third kappa shape index (κ3) is 1.80. The van der Waals surface area contributed by atoms with Crippen LogP contribution in [0.15, 0.2) is 24.5 Å². The molecule has 2 aliphatic rings. The molecular weight excluding hydrogens is 198 g/mol. The molecule has 1 saturated carbocycles. The van der Waals surface area contributed by atoms with E-state index in [4.69, 9.17) is 0 Å². The Morgan fingerprint density at radius 1 is 1.56 bits per heavy atom. The highest BCUT2D eigenvalue weighted by atomic mass is 15.3. The summed E-state index contributed by atoms with van der Waals surface area (Å²) in [6.07, 6.45) is 11.4. The molecule has 1 fully saturated rings. The molecule has 0 saturated heterocycles. The van der Waals surface area contributed by atoms with Crippen LogP contribution < -0.4 is 5.32 Å². The third-order valence-electron chi connectivity index (χ3n) is 3.87. The van der Waals surface area contributed by atoms with Crippen LogP contribution in [0.2, 0.25) is 0 Å². The van der Waals surface area contributed by atoms with Crippen LogP contribution in [0.25, 0.3) is 0 Å². The van der Waals surface area contributed by atoms with Gasteiger partial charge in [0.25, 0.3) is 0 Å². The first-order chi connectivity index (χ1) is 7.83. The number of allylic oxidation sites excluding steroid dienone is 1. The molecule has 86 valence electrons. The number of nitrogens with zero attached hydrogens (tertiary/aromatic N) is 2. The Kier molecular flexibility index (Phi) is 2.56. The normalized spacial score (nSPS) is 31.4. The smallest absolute Gasteiger partial charge is 0.0534 e. The first-order valence-corrected chi connectivity index (χ1v) is 6.22.